The van der Waals surface area contributed by atoms with Gasteiger partial charge in [0.1, 0.15) is 5.54 Å². The third-order valence-electron chi connectivity index (χ3n) is 3.02. The van der Waals surface area contributed by atoms with E-state index in [0.29, 0.717) is 12.8 Å². The molecule has 1 aliphatic carbocycles. The van der Waals surface area contributed by atoms with Gasteiger partial charge in [0.2, 0.25) is 0 Å². The minimum atomic E-state index is -3.54. The first kappa shape index (κ1) is 13.4. The summed E-state index contributed by atoms with van der Waals surface area (Å²) >= 11 is 0. The van der Waals surface area contributed by atoms with E-state index in [-0.39, 0.29) is 0 Å². The van der Waals surface area contributed by atoms with Gasteiger partial charge < -0.3 is 0 Å². The van der Waals surface area contributed by atoms with Crippen molar-refractivity contribution in [3.05, 3.63) is 0 Å². The molecule has 16 heavy (non-hydrogen) atoms. The molecule has 0 saturated heterocycles. The largest absolute Gasteiger partial charge is 0.278 e. The fourth-order valence-corrected chi connectivity index (χ4v) is 2.92. The van der Waals surface area contributed by atoms with Crippen LogP contribution in [-0.4, -0.2) is 21.0 Å². The van der Waals surface area contributed by atoms with Crippen LogP contribution in [0.3, 0.4) is 0 Å². The fraction of sp³-hybridized carbons (Fsp3) is 0.900. The molecule has 5 nitrogen and oxygen atoms in total. The zero-order valence-corrected chi connectivity index (χ0v) is 10.4. The van der Waals surface area contributed by atoms with Crippen LogP contribution in [0.4, 0.5) is 0 Å². The van der Waals surface area contributed by atoms with Crippen LogP contribution in [0.15, 0.2) is 0 Å². The molecular weight excluding hydrogens is 226 g/mol. The van der Waals surface area contributed by atoms with E-state index < -0.39 is 15.7 Å². The molecule has 1 saturated carbocycles. The number of nitrogens with zero attached hydrogens (tertiary/aromatic N) is 1. The van der Waals surface area contributed by atoms with E-state index in [1.165, 1.54) is 13.5 Å². The van der Waals surface area contributed by atoms with Gasteiger partial charge in [-0.25, -0.2) is 4.72 Å². The van der Waals surface area contributed by atoms with Crippen molar-refractivity contribution in [2.45, 2.75) is 50.5 Å². The molecule has 1 rings (SSSR count). The number of nitriles is 1. The standard InChI is InChI=1S/C10H19N3O2S/c1-12-16(14,15)13-10(9-11)7-5-3-2-4-6-8-10/h12-13H,2-8H2,1H3. The summed E-state index contributed by atoms with van der Waals surface area (Å²) in [6.45, 7) is 0. The number of hydrogen-bond donors (Lipinski definition) is 2. The predicted molar refractivity (Wildman–Crippen MR) is 61.8 cm³/mol. The fourth-order valence-electron chi connectivity index (χ4n) is 2.05. The second kappa shape index (κ2) is 5.62. The van der Waals surface area contributed by atoms with Crippen LogP contribution in [0.1, 0.15) is 44.9 Å². The summed E-state index contributed by atoms with van der Waals surface area (Å²) in [4.78, 5) is 0. The predicted octanol–water partition coefficient (Wildman–Crippen LogP) is 1.05. The summed E-state index contributed by atoms with van der Waals surface area (Å²) in [7, 11) is -2.20. The number of hydrogen-bond acceptors (Lipinski definition) is 3. The van der Waals surface area contributed by atoms with Crippen molar-refractivity contribution >= 4 is 10.2 Å². The van der Waals surface area contributed by atoms with E-state index in [1.807, 2.05) is 0 Å². The van der Waals surface area contributed by atoms with Crippen LogP contribution in [0, 0.1) is 11.3 Å². The van der Waals surface area contributed by atoms with Gasteiger partial charge in [-0.1, -0.05) is 32.1 Å². The molecule has 92 valence electrons. The summed E-state index contributed by atoms with van der Waals surface area (Å²) < 4.78 is 27.6. The maximum Gasteiger partial charge on any atom is 0.278 e. The average Bonchev–Trinajstić information content (AvgIpc) is 2.22. The molecule has 0 heterocycles. The van der Waals surface area contributed by atoms with Gasteiger partial charge in [0.05, 0.1) is 6.07 Å². The molecule has 0 aliphatic heterocycles. The van der Waals surface area contributed by atoms with Gasteiger partial charge in [-0.3, -0.25) is 0 Å². The Labute approximate surface area is 97.4 Å². The van der Waals surface area contributed by atoms with Crippen molar-refractivity contribution < 1.29 is 8.42 Å². The van der Waals surface area contributed by atoms with Crippen molar-refractivity contribution in [2.75, 3.05) is 7.05 Å². The van der Waals surface area contributed by atoms with Gasteiger partial charge in [-0.15, -0.1) is 0 Å². The molecule has 0 bridgehead atoms. The smallest absolute Gasteiger partial charge is 0.205 e. The molecule has 0 aromatic heterocycles. The summed E-state index contributed by atoms with van der Waals surface area (Å²) in [5, 5.41) is 9.21. The first-order valence-corrected chi connectivity index (χ1v) is 7.16. The van der Waals surface area contributed by atoms with Gasteiger partial charge >= 0.3 is 0 Å². The highest BCUT2D eigenvalue weighted by atomic mass is 32.2. The van der Waals surface area contributed by atoms with E-state index in [2.05, 4.69) is 15.5 Å². The van der Waals surface area contributed by atoms with E-state index in [0.717, 1.165) is 25.7 Å². The van der Waals surface area contributed by atoms with E-state index >= 15 is 0 Å². The first-order valence-electron chi connectivity index (χ1n) is 5.67. The number of rotatable bonds is 3. The molecule has 0 unspecified atom stereocenters. The Bertz CT molecular complexity index is 351. The lowest BCUT2D eigenvalue weighted by atomic mass is 9.86. The topological polar surface area (TPSA) is 82.0 Å². The van der Waals surface area contributed by atoms with Gasteiger partial charge in [0.15, 0.2) is 0 Å². The minimum absolute atomic E-state index is 0.602. The van der Waals surface area contributed by atoms with Crippen molar-refractivity contribution in [3.63, 3.8) is 0 Å². The lowest BCUT2D eigenvalue weighted by Crippen LogP contribution is -2.51. The minimum Gasteiger partial charge on any atom is -0.205 e. The van der Waals surface area contributed by atoms with E-state index in [9.17, 15) is 13.7 Å². The zero-order valence-electron chi connectivity index (χ0n) is 9.62. The monoisotopic (exact) mass is 245 g/mol. The van der Waals surface area contributed by atoms with Crippen molar-refractivity contribution in [3.8, 4) is 6.07 Å². The Balaban J connectivity index is 2.78. The van der Waals surface area contributed by atoms with Gasteiger partial charge in [-0.2, -0.15) is 18.4 Å². The highest BCUT2D eigenvalue weighted by Gasteiger charge is 2.34. The van der Waals surface area contributed by atoms with Crippen LogP contribution in [-0.2, 0) is 10.2 Å². The van der Waals surface area contributed by atoms with Gasteiger partial charge in [-0.05, 0) is 12.8 Å². The molecule has 6 heteroatoms. The quantitative estimate of drug-likeness (QED) is 0.779. The van der Waals surface area contributed by atoms with E-state index in [1.54, 1.807) is 0 Å². The van der Waals surface area contributed by atoms with E-state index in [4.69, 9.17) is 0 Å². The van der Waals surface area contributed by atoms with Crippen molar-refractivity contribution in [1.82, 2.24) is 9.44 Å². The van der Waals surface area contributed by atoms with Crippen LogP contribution in [0.5, 0.6) is 0 Å². The highest BCUT2D eigenvalue weighted by Crippen LogP contribution is 2.26. The van der Waals surface area contributed by atoms with Crippen LogP contribution >= 0.6 is 0 Å². The molecule has 0 aromatic carbocycles. The van der Waals surface area contributed by atoms with Crippen molar-refractivity contribution in [1.29, 1.82) is 5.26 Å². The SMILES string of the molecule is CNS(=O)(=O)NC1(C#N)CCCCCCC1. The molecule has 0 atom stereocenters. The second-order valence-electron chi connectivity index (χ2n) is 4.27. The molecule has 0 aromatic rings. The molecule has 1 fully saturated rings. The van der Waals surface area contributed by atoms with Gasteiger partial charge in [0.25, 0.3) is 10.2 Å². The van der Waals surface area contributed by atoms with Gasteiger partial charge in [0, 0.05) is 7.05 Å². The summed E-state index contributed by atoms with van der Waals surface area (Å²) in [6, 6.07) is 2.15. The Morgan fingerprint density at radius 2 is 1.62 bits per heavy atom. The summed E-state index contributed by atoms with van der Waals surface area (Å²) in [5.74, 6) is 0. The molecular formula is C10H19N3O2S. The summed E-state index contributed by atoms with van der Waals surface area (Å²) in [6.07, 6.45) is 6.34. The Kier molecular flexibility index (Phi) is 4.71. The molecule has 0 spiro atoms. The van der Waals surface area contributed by atoms with Crippen LogP contribution in [0.25, 0.3) is 0 Å². The molecule has 0 amide bonds. The average molecular weight is 245 g/mol. The highest BCUT2D eigenvalue weighted by molar-refractivity contribution is 7.87. The third-order valence-corrected chi connectivity index (χ3v) is 4.22. The van der Waals surface area contributed by atoms with Crippen LogP contribution in [0.2, 0.25) is 0 Å². The Morgan fingerprint density at radius 3 is 2.06 bits per heavy atom. The Morgan fingerprint density at radius 1 is 1.12 bits per heavy atom. The maximum atomic E-state index is 11.5. The van der Waals surface area contributed by atoms with Crippen molar-refractivity contribution in [2.24, 2.45) is 0 Å². The second-order valence-corrected chi connectivity index (χ2v) is 5.89. The number of nitrogens with one attached hydrogen (secondary N) is 2. The maximum absolute atomic E-state index is 11.5. The summed E-state index contributed by atoms with van der Waals surface area (Å²) in [5.41, 5.74) is -0.914. The lowest BCUT2D eigenvalue weighted by Gasteiger charge is -2.28. The molecule has 2 N–H and O–H groups in total. The molecule has 1 aliphatic rings. The first-order chi connectivity index (χ1) is 7.54. The zero-order chi connectivity index (χ0) is 12.1. The third kappa shape index (κ3) is 3.74. The molecule has 0 radical (unpaired) electrons. The van der Waals surface area contributed by atoms with Crippen LogP contribution < -0.4 is 9.44 Å². The normalized spacial score (nSPS) is 21.8. The Hall–Kier alpha value is -0.640. The lowest BCUT2D eigenvalue weighted by molar-refractivity contribution is 0.356.